The quantitative estimate of drug-likeness (QED) is 0.190. The average Bonchev–Trinajstić information content (AvgIpc) is 3.45. The second-order valence-corrected chi connectivity index (χ2v) is 16.6. The molecule has 0 radical (unpaired) electrons. The molecule has 5 rings (SSSR count). The van der Waals surface area contributed by atoms with Gasteiger partial charge < -0.3 is 24.4 Å². The molecule has 0 bridgehead atoms. The van der Waals surface area contributed by atoms with E-state index in [1.54, 1.807) is 62.0 Å². The highest BCUT2D eigenvalue weighted by Gasteiger charge is 2.36. The van der Waals surface area contributed by atoms with Crippen LogP contribution in [0.25, 0.3) is 21.2 Å². The molecule has 0 saturated heterocycles. The lowest BCUT2D eigenvalue weighted by molar-refractivity contribution is 0.0144. The van der Waals surface area contributed by atoms with Crippen LogP contribution < -0.4 is 9.64 Å². The van der Waals surface area contributed by atoms with Crippen molar-refractivity contribution in [1.29, 1.82) is 0 Å². The molecular formula is C39H45ClF2N4O6S. The summed E-state index contributed by atoms with van der Waals surface area (Å²) in [6, 6.07) is 10.5. The number of hydrogen-bond donors (Lipinski definition) is 1. The zero-order valence-electron chi connectivity index (χ0n) is 31.1. The largest absolute Gasteiger partial charge is 0.496 e. The molecule has 3 amide bonds. The Labute approximate surface area is 317 Å². The molecule has 0 spiro atoms. The van der Waals surface area contributed by atoms with Gasteiger partial charge in [-0.1, -0.05) is 17.7 Å². The van der Waals surface area contributed by atoms with Gasteiger partial charge in [-0.25, -0.2) is 23.4 Å². The van der Waals surface area contributed by atoms with Gasteiger partial charge in [-0.2, -0.15) is 0 Å². The van der Waals surface area contributed by atoms with Gasteiger partial charge in [-0.15, -0.1) is 11.3 Å². The van der Waals surface area contributed by atoms with Gasteiger partial charge in [0.1, 0.15) is 33.7 Å². The number of aromatic nitrogens is 1. The number of amides is 3. The number of halogens is 3. The van der Waals surface area contributed by atoms with Crippen LogP contribution in [0.5, 0.6) is 5.75 Å². The second kappa shape index (κ2) is 15.5. The normalized spacial score (nSPS) is 16.3. The van der Waals surface area contributed by atoms with E-state index in [9.17, 15) is 28.3 Å². The van der Waals surface area contributed by atoms with Crippen LogP contribution in [0.2, 0.25) is 5.02 Å². The summed E-state index contributed by atoms with van der Waals surface area (Å²) in [6.45, 7) is 10.8. The van der Waals surface area contributed by atoms with Crippen molar-refractivity contribution in [2.75, 3.05) is 19.1 Å². The van der Waals surface area contributed by atoms with Crippen LogP contribution in [-0.4, -0.2) is 75.4 Å². The summed E-state index contributed by atoms with van der Waals surface area (Å²) in [5, 5.41) is 9.69. The van der Waals surface area contributed by atoms with E-state index in [0.29, 0.717) is 42.6 Å². The topological polar surface area (TPSA) is 113 Å². The molecule has 4 aromatic rings. The van der Waals surface area contributed by atoms with Crippen molar-refractivity contribution >= 4 is 56.9 Å². The molecule has 53 heavy (non-hydrogen) atoms. The molecule has 1 N–H and O–H groups in total. The van der Waals surface area contributed by atoms with E-state index in [0.717, 1.165) is 29.0 Å². The summed E-state index contributed by atoms with van der Waals surface area (Å²) in [5.41, 5.74) is 0.649. The standard InChI is InChI=1S/C39H45ClF2N4O6S/c1-38(2,3)46(36(48)49)30-20-23(17-18-43-30)22-9-16-29(51-8)24(19-22)21-45(26-12-10-25(11-13-26)44(7)37(50)52-39(4,5)6)35(47)34-32(40)31-27(41)14-15-28(42)33(31)53-34/h9,14-20,25-26H,10-13,21H2,1-8H3,(H,48,49). The van der Waals surface area contributed by atoms with Crippen molar-refractivity contribution in [1.82, 2.24) is 14.8 Å². The fourth-order valence-electron chi connectivity index (χ4n) is 6.69. The number of carboxylic acid groups (broad SMARTS) is 1. The molecule has 0 unspecified atom stereocenters. The predicted molar refractivity (Wildman–Crippen MR) is 203 cm³/mol. The van der Waals surface area contributed by atoms with Crippen molar-refractivity contribution < 1.29 is 37.7 Å². The van der Waals surface area contributed by atoms with Gasteiger partial charge in [0.05, 0.1) is 22.2 Å². The molecule has 1 aliphatic carbocycles. The summed E-state index contributed by atoms with van der Waals surface area (Å²) in [6.07, 6.45) is 2.20. The van der Waals surface area contributed by atoms with Crippen LogP contribution in [0.1, 0.15) is 82.5 Å². The van der Waals surface area contributed by atoms with Crippen LogP contribution in [0.3, 0.4) is 0 Å². The van der Waals surface area contributed by atoms with E-state index in [1.165, 1.54) is 12.0 Å². The van der Waals surface area contributed by atoms with Gasteiger partial charge in [-0.3, -0.25) is 9.69 Å². The first kappa shape index (κ1) is 39.7. The number of fused-ring (bicyclic) bond motifs is 1. The number of nitrogens with zero attached hydrogens (tertiary/aromatic N) is 4. The first-order chi connectivity index (χ1) is 24.8. The summed E-state index contributed by atoms with van der Waals surface area (Å²) in [5.74, 6) is -1.13. The molecule has 1 aliphatic rings. The van der Waals surface area contributed by atoms with Crippen LogP contribution in [-0.2, 0) is 11.3 Å². The molecule has 14 heteroatoms. The van der Waals surface area contributed by atoms with E-state index in [1.807, 2.05) is 32.9 Å². The lowest BCUT2D eigenvalue weighted by Gasteiger charge is -2.40. The van der Waals surface area contributed by atoms with E-state index < -0.39 is 40.9 Å². The van der Waals surface area contributed by atoms with Gasteiger partial charge in [0.25, 0.3) is 5.91 Å². The first-order valence-corrected chi connectivity index (χ1v) is 18.5. The number of rotatable bonds is 8. The summed E-state index contributed by atoms with van der Waals surface area (Å²) < 4.78 is 41.1. The van der Waals surface area contributed by atoms with E-state index in [2.05, 4.69) is 4.98 Å². The van der Waals surface area contributed by atoms with Crippen molar-refractivity contribution in [2.24, 2.45) is 0 Å². The maximum atomic E-state index is 14.9. The van der Waals surface area contributed by atoms with E-state index in [-0.39, 0.29) is 44.4 Å². The molecule has 0 atom stereocenters. The highest BCUT2D eigenvalue weighted by Crippen LogP contribution is 2.41. The van der Waals surface area contributed by atoms with Crippen molar-refractivity contribution in [3.05, 3.63) is 75.8 Å². The number of methoxy groups -OCH3 is 1. The Morgan fingerprint density at radius 3 is 2.15 bits per heavy atom. The number of thiophene rings is 1. The zero-order chi connectivity index (χ0) is 39.0. The number of anilines is 1. The average molecular weight is 771 g/mol. The third-order valence-corrected chi connectivity index (χ3v) is 10.9. The lowest BCUT2D eigenvalue weighted by atomic mass is 9.89. The SMILES string of the molecule is COc1ccc(-c2ccnc(N(C(=O)O)C(C)(C)C)c2)cc1CN(C(=O)c1sc2c(F)ccc(F)c2c1Cl)C1CCC(N(C)C(=O)OC(C)(C)C)CC1. The van der Waals surface area contributed by atoms with E-state index >= 15 is 0 Å². The minimum absolute atomic E-state index is 0.0171. The fraction of sp³-hybridized carbons (Fsp3) is 0.436. The smallest absolute Gasteiger partial charge is 0.413 e. The molecule has 10 nitrogen and oxygen atoms in total. The molecular weight excluding hydrogens is 726 g/mol. The number of benzene rings is 2. The summed E-state index contributed by atoms with van der Waals surface area (Å²) in [7, 11) is 3.23. The third kappa shape index (κ3) is 8.67. The molecule has 1 saturated carbocycles. The van der Waals surface area contributed by atoms with Crippen LogP contribution in [0.4, 0.5) is 24.2 Å². The highest BCUT2D eigenvalue weighted by atomic mass is 35.5. The first-order valence-electron chi connectivity index (χ1n) is 17.3. The Kier molecular flexibility index (Phi) is 11.6. The summed E-state index contributed by atoms with van der Waals surface area (Å²) >= 11 is 7.46. The number of carbonyl (C=O) groups excluding carboxylic acids is 2. The molecule has 2 heterocycles. The maximum absolute atomic E-state index is 14.9. The number of ether oxygens (including phenoxy) is 2. The van der Waals surface area contributed by atoms with Crippen molar-refractivity contribution in [3.63, 3.8) is 0 Å². The van der Waals surface area contributed by atoms with Crippen LogP contribution in [0.15, 0.2) is 48.7 Å². The predicted octanol–water partition coefficient (Wildman–Crippen LogP) is 10.0. The minimum Gasteiger partial charge on any atom is -0.496 e. The van der Waals surface area contributed by atoms with Crippen molar-refractivity contribution in [2.45, 2.75) is 97.0 Å². The Morgan fingerprint density at radius 1 is 0.943 bits per heavy atom. The Bertz CT molecular complexity index is 2020. The van der Waals surface area contributed by atoms with Crippen LogP contribution >= 0.6 is 22.9 Å². The van der Waals surface area contributed by atoms with E-state index in [4.69, 9.17) is 21.1 Å². The summed E-state index contributed by atoms with van der Waals surface area (Å²) in [4.78, 5) is 48.5. The van der Waals surface area contributed by atoms with Gasteiger partial charge >= 0.3 is 12.2 Å². The molecule has 284 valence electrons. The number of pyridine rings is 1. The Hall–Kier alpha value is -4.49. The Balaban J connectivity index is 1.52. The second-order valence-electron chi connectivity index (χ2n) is 15.2. The molecule has 2 aromatic carbocycles. The molecule has 2 aromatic heterocycles. The van der Waals surface area contributed by atoms with Gasteiger partial charge in [0.15, 0.2) is 0 Å². The monoisotopic (exact) mass is 770 g/mol. The number of hydrogen-bond acceptors (Lipinski definition) is 7. The zero-order valence-corrected chi connectivity index (χ0v) is 32.7. The Morgan fingerprint density at radius 2 is 1.57 bits per heavy atom. The van der Waals surface area contributed by atoms with Gasteiger partial charge in [0.2, 0.25) is 0 Å². The minimum atomic E-state index is -1.14. The van der Waals surface area contributed by atoms with Gasteiger partial charge in [0, 0.05) is 43.0 Å². The molecule has 1 fully saturated rings. The highest BCUT2D eigenvalue weighted by molar-refractivity contribution is 7.21. The third-order valence-electron chi connectivity index (χ3n) is 9.26. The lowest BCUT2D eigenvalue weighted by Crippen LogP contribution is -2.47. The molecule has 0 aliphatic heterocycles. The van der Waals surface area contributed by atoms with Crippen LogP contribution in [0, 0.1) is 11.6 Å². The van der Waals surface area contributed by atoms with Gasteiger partial charge in [-0.05, 0) is 115 Å². The maximum Gasteiger partial charge on any atom is 0.413 e. The van der Waals surface area contributed by atoms with Crippen molar-refractivity contribution in [3.8, 4) is 16.9 Å². The number of carbonyl (C=O) groups is 3. The fourth-order valence-corrected chi connectivity index (χ4v) is 8.19.